The van der Waals surface area contributed by atoms with Crippen molar-refractivity contribution in [3.63, 3.8) is 0 Å². The van der Waals surface area contributed by atoms with Crippen LogP contribution in [0.3, 0.4) is 0 Å². The molecule has 0 aliphatic carbocycles. The average Bonchev–Trinajstić information content (AvgIpc) is 2.84. The first-order valence-electron chi connectivity index (χ1n) is 12.6. The zero-order valence-electron chi connectivity index (χ0n) is 21.2. The smallest absolute Gasteiger partial charge is 0.338 e. The zero-order valence-corrected chi connectivity index (χ0v) is 21.2. The van der Waals surface area contributed by atoms with Crippen molar-refractivity contribution in [3.8, 4) is 0 Å². The zero-order chi connectivity index (χ0) is 24.8. The van der Waals surface area contributed by atoms with E-state index in [0.29, 0.717) is 24.0 Å². The van der Waals surface area contributed by atoms with E-state index in [1.165, 1.54) is 19.3 Å². The van der Waals surface area contributed by atoms with Crippen molar-refractivity contribution in [3.05, 3.63) is 83.9 Å². The third-order valence-corrected chi connectivity index (χ3v) is 6.19. The van der Waals surface area contributed by atoms with Crippen LogP contribution in [-0.2, 0) is 9.47 Å². The molecule has 4 heteroatoms. The number of allylic oxidation sites excluding steroid dienone is 2. The molecule has 0 bridgehead atoms. The second kappa shape index (κ2) is 14.4. The molecule has 34 heavy (non-hydrogen) atoms. The van der Waals surface area contributed by atoms with E-state index in [9.17, 15) is 9.59 Å². The Balaban J connectivity index is 2.10. The van der Waals surface area contributed by atoms with E-state index < -0.39 is 6.10 Å². The SMILES string of the molecule is CCCCCC=CC(C)(CC)CC(CC(C)OC(=O)c1ccccc1)OC(=O)c1ccccc1. The summed E-state index contributed by atoms with van der Waals surface area (Å²) in [5.74, 6) is -0.715. The summed E-state index contributed by atoms with van der Waals surface area (Å²) in [7, 11) is 0. The molecule has 184 valence electrons. The molecular weight excluding hydrogens is 424 g/mol. The number of benzene rings is 2. The first-order valence-corrected chi connectivity index (χ1v) is 12.6. The van der Waals surface area contributed by atoms with Gasteiger partial charge in [-0.05, 0) is 62.3 Å². The molecule has 0 aromatic heterocycles. The van der Waals surface area contributed by atoms with Gasteiger partial charge in [0.05, 0.1) is 11.1 Å². The summed E-state index contributed by atoms with van der Waals surface area (Å²) in [5, 5.41) is 0. The molecule has 0 fully saturated rings. The number of carbonyl (C=O) groups excluding carboxylic acids is 2. The van der Waals surface area contributed by atoms with E-state index in [0.717, 1.165) is 12.8 Å². The number of hydrogen-bond acceptors (Lipinski definition) is 4. The summed E-state index contributed by atoms with van der Waals surface area (Å²) < 4.78 is 11.7. The fourth-order valence-electron chi connectivity index (χ4n) is 3.94. The third kappa shape index (κ3) is 9.54. The summed E-state index contributed by atoms with van der Waals surface area (Å²) in [6.45, 7) is 8.42. The van der Waals surface area contributed by atoms with E-state index in [4.69, 9.17) is 9.47 Å². The van der Waals surface area contributed by atoms with Gasteiger partial charge in [-0.3, -0.25) is 0 Å². The first kappa shape index (κ1) is 27.4. The van der Waals surface area contributed by atoms with Crippen LogP contribution < -0.4 is 0 Å². The minimum atomic E-state index is -0.393. The highest BCUT2D eigenvalue weighted by molar-refractivity contribution is 5.90. The predicted octanol–water partition coefficient (Wildman–Crippen LogP) is 7.79. The third-order valence-electron chi connectivity index (χ3n) is 6.19. The Hall–Kier alpha value is -2.88. The molecular formula is C30H40O4. The summed E-state index contributed by atoms with van der Waals surface area (Å²) in [4.78, 5) is 25.3. The van der Waals surface area contributed by atoms with Crippen molar-refractivity contribution in [2.75, 3.05) is 0 Å². The lowest BCUT2D eigenvalue weighted by Crippen LogP contribution is -2.30. The molecule has 4 nitrogen and oxygen atoms in total. The van der Waals surface area contributed by atoms with E-state index in [1.54, 1.807) is 24.3 Å². The Morgan fingerprint density at radius 2 is 1.44 bits per heavy atom. The van der Waals surface area contributed by atoms with Crippen molar-refractivity contribution < 1.29 is 19.1 Å². The van der Waals surface area contributed by atoms with E-state index in [1.807, 2.05) is 43.3 Å². The van der Waals surface area contributed by atoms with Crippen molar-refractivity contribution in [1.82, 2.24) is 0 Å². The Kier molecular flexibility index (Phi) is 11.6. The topological polar surface area (TPSA) is 52.6 Å². The normalized spacial score (nSPS) is 14.8. The number of rotatable bonds is 14. The Labute approximate surface area is 205 Å². The molecule has 2 rings (SSSR count). The van der Waals surface area contributed by atoms with Gasteiger partial charge < -0.3 is 9.47 Å². The van der Waals surface area contributed by atoms with Gasteiger partial charge in [0.25, 0.3) is 0 Å². The van der Waals surface area contributed by atoms with Gasteiger partial charge in [-0.2, -0.15) is 0 Å². The van der Waals surface area contributed by atoms with E-state index in [-0.39, 0.29) is 23.5 Å². The summed E-state index contributed by atoms with van der Waals surface area (Å²) in [5.41, 5.74) is 0.923. The molecule has 0 radical (unpaired) electrons. The summed E-state index contributed by atoms with van der Waals surface area (Å²) in [6.07, 6.45) is 10.5. The van der Waals surface area contributed by atoms with Crippen LogP contribution in [0.4, 0.5) is 0 Å². The molecule has 2 aromatic carbocycles. The standard InChI is InChI=1S/C30H40O4/c1-5-7-8-9-16-21-30(4,6-2)23-27(34-29(32)26-19-14-11-15-20-26)22-24(3)33-28(31)25-17-12-10-13-18-25/h10-21,24,27H,5-9,22-23H2,1-4H3. The number of esters is 2. The van der Waals surface area contributed by atoms with E-state index >= 15 is 0 Å². The average molecular weight is 465 g/mol. The fraction of sp³-hybridized carbons (Fsp3) is 0.467. The molecule has 0 N–H and O–H groups in total. The lowest BCUT2D eigenvalue weighted by molar-refractivity contribution is -0.00518. The molecule has 0 aliphatic rings. The fourth-order valence-corrected chi connectivity index (χ4v) is 3.94. The highest BCUT2D eigenvalue weighted by Crippen LogP contribution is 2.32. The Bertz CT molecular complexity index is 891. The molecule has 0 heterocycles. The van der Waals surface area contributed by atoms with Crippen LogP contribution in [0.25, 0.3) is 0 Å². The Morgan fingerprint density at radius 1 is 0.882 bits per heavy atom. The van der Waals surface area contributed by atoms with Crippen molar-refractivity contribution >= 4 is 11.9 Å². The van der Waals surface area contributed by atoms with Gasteiger partial charge in [0.15, 0.2) is 0 Å². The van der Waals surface area contributed by atoms with Gasteiger partial charge in [-0.25, -0.2) is 9.59 Å². The van der Waals surface area contributed by atoms with E-state index in [2.05, 4.69) is 32.9 Å². The highest BCUT2D eigenvalue weighted by atomic mass is 16.6. The number of ether oxygens (including phenoxy) is 2. The molecule has 2 aromatic rings. The van der Waals surface area contributed by atoms with Gasteiger partial charge >= 0.3 is 11.9 Å². The highest BCUT2D eigenvalue weighted by Gasteiger charge is 2.29. The van der Waals surface area contributed by atoms with Gasteiger partial charge in [-0.15, -0.1) is 0 Å². The van der Waals surface area contributed by atoms with Crippen molar-refractivity contribution in [2.45, 2.75) is 84.8 Å². The number of hydrogen-bond donors (Lipinski definition) is 0. The van der Waals surface area contributed by atoms with Crippen LogP contribution >= 0.6 is 0 Å². The largest absolute Gasteiger partial charge is 0.459 e. The van der Waals surface area contributed by atoms with Crippen LogP contribution in [0, 0.1) is 5.41 Å². The maximum absolute atomic E-state index is 12.8. The number of carbonyl (C=O) groups is 2. The summed E-state index contributed by atoms with van der Waals surface area (Å²) in [6, 6.07) is 18.0. The molecule has 0 saturated heterocycles. The van der Waals surface area contributed by atoms with Crippen LogP contribution in [0.15, 0.2) is 72.8 Å². The number of unbranched alkanes of at least 4 members (excludes halogenated alkanes) is 3. The molecule has 0 spiro atoms. The quantitative estimate of drug-likeness (QED) is 0.163. The molecule has 3 atom stereocenters. The summed E-state index contributed by atoms with van der Waals surface area (Å²) >= 11 is 0. The van der Waals surface area contributed by atoms with Gasteiger partial charge in [0.1, 0.15) is 12.2 Å². The predicted molar refractivity (Wildman–Crippen MR) is 138 cm³/mol. The van der Waals surface area contributed by atoms with Gasteiger partial charge in [0.2, 0.25) is 0 Å². The Morgan fingerprint density at radius 3 is 1.97 bits per heavy atom. The minimum absolute atomic E-state index is 0.114. The second-order valence-electron chi connectivity index (χ2n) is 9.32. The maximum atomic E-state index is 12.8. The van der Waals surface area contributed by atoms with Crippen molar-refractivity contribution in [1.29, 1.82) is 0 Å². The second-order valence-corrected chi connectivity index (χ2v) is 9.32. The monoisotopic (exact) mass is 464 g/mol. The molecule has 0 saturated carbocycles. The first-order chi connectivity index (χ1) is 16.4. The minimum Gasteiger partial charge on any atom is -0.459 e. The van der Waals surface area contributed by atoms with Gasteiger partial charge in [-0.1, -0.05) is 82.2 Å². The van der Waals surface area contributed by atoms with Gasteiger partial charge in [0, 0.05) is 6.42 Å². The van der Waals surface area contributed by atoms with Crippen molar-refractivity contribution in [2.24, 2.45) is 5.41 Å². The van der Waals surface area contributed by atoms with Crippen LogP contribution in [0.2, 0.25) is 0 Å². The van der Waals surface area contributed by atoms with Crippen LogP contribution in [0.5, 0.6) is 0 Å². The lowest BCUT2D eigenvalue weighted by Gasteiger charge is -2.31. The molecule has 0 aliphatic heterocycles. The van der Waals surface area contributed by atoms with Crippen LogP contribution in [-0.4, -0.2) is 24.1 Å². The molecule has 3 unspecified atom stereocenters. The van der Waals surface area contributed by atoms with Crippen LogP contribution in [0.1, 0.15) is 93.4 Å². The lowest BCUT2D eigenvalue weighted by atomic mass is 9.80. The maximum Gasteiger partial charge on any atom is 0.338 e. The molecule has 0 amide bonds.